The Morgan fingerprint density at radius 2 is 2.08 bits per heavy atom. The zero-order chi connectivity index (χ0) is 15.9. The van der Waals surface area contributed by atoms with Crippen LogP contribution >= 0.6 is 0 Å². The van der Waals surface area contributed by atoms with Gasteiger partial charge < -0.3 is 14.6 Å². The maximum Gasteiger partial charge on any atom is 0.295 e. The molecule has 4 heterocycles. The summed E-state index contributed by atoms with van der Waals surface area (Å²) in [6.07, 6.45) is 1.62. The fourth-order valence-electron chi connectivity index (χ4n) is 2.95. The quantitative estimate of drug-likeness (QED) is 0.613. The number of nitrogens with one attached hydrogen (secondary N) is 1. The first kappa shape index (κ1) is 13.3. The molecule has 0 unspecified atom stereocenters. The van der Waals surface area contributed by atoms with E-state index in [-0.39, 0.29) is 0 Å². The summed E-state index contributed by atoms with van der Waals surface area (Å²) in [4.78, 5) is 6.66. The molecule has 8 nitrogen and oxygen atoms in total. The van der Waals surface area contributed by atoms with Crippen molar-refractivity contribution in [3.8, 4) is 0 Å². The van der Waals surface area contributed by atoms with Crippen molar-refractivity contribution in [2.75, 3.05) is 29.9 Å². The Bertz CT molecular complexity index is 966. The van der Waals surface area contributed by atoms with Crippen LogP contribution in [0.2, 0.25) is 0 Å². The molecule has 24 heavy (non-hydrogen) atoms. The van der Waals surface area contributed by atoms with E-state index < -0.39 is 0 Å². The molecule has 0 radical (unpaired) electrons. The minimum atomic E-state index is 0.540. The van der Waals surface area contributed by atoms with Crippen LogP contribution in [0, 0.1) is 5.92 Å². The number of para-hydroxylation sites is 2. The summed E-state index contributed by atoms with van der Waals surface area (Å²) in [5, 5.41) is 15.6. The van der Waals surface area contributed by atoms with Crippen LogP contribution in [0.1, 0.15) is 0 Å². The summed E-state index contributed by atoms with van der Waals surface area (Å²) in [6.45, 7) is 2.74. The van der Waals surface area contributed by atoms with Gasteiger partial charge in [-0.15, -0.1) is 15.3 Å². The first-order chi connectivity index (χ1) is 11.8. The van der Waals surface area contributed by atoms with Gasteiger partial charge in [0.25, 0.3) is 6.01 Å². The van der Waals surface area contributed by atoms with Crippen LogP contribution < -0.4 is 10.2 Å². The van der Waals surface area contributed by atoms with Gasteiger partial charge in [-0.05, 0) is 24.3 Å². The van der Waals surface area contributed by atoms with Gasteiger partial charge in [0.2, 0.25) is 0 Å². The second kappa shape index (κ2) is 5.19. The van der Waals surface area contributed by atoms with E-state index in [1.165, 1.54) is 0 Å². The van der Waals surface area contributed by atoms with E-state index in [1.54, 1.807) is 10.8 Å². The number of nitrogens with zero attached hydrogens (tertiary/aromatic N) is 6. The average molecular weight is 321 g/mol. The Morgan fingerprint density at radius 3 is 3.00 bits per heavy atom. The lowest BCUT2D eigenvalue weighted by Crippen LogP contribution is -2.50. The lowest BCUT2D eigenvalue weighted by Gasteiger charge is -2.39. The Balaban J connectivity index is 1.20. The zero-order valence-corrected chi connectivity index (χ0v) is 12.8. The summed E-state index contributed by atoms with van der Waals surface area (Å²) in [5.74, 6) is 1.49. The average Bonchev–Trinajstić information content (AvgIpc) is 3.18. The minimum Gasteiger partial charge on any atom is -0.424 e. The molecule has 1 saturated heterocycles. The monoisotopic (exact) mass is 321 g/mol. The molecule has 5 rings (SSSR count). The fraction of sp³-hybridized carbons (Fsp3) is 0.250. The highest BCUT2D eigenvalue weighted by molar-refractivity contribution is 5.74. The van der Waals surface area contributed by atoms with Gasteiger partial charge in [-0.2, -0.15) is 9.50 Å². The molecule has 1 aliphatic heterocycles. The normalized spacial score (nSPS) is 15.1. The molecule has 0 bridgehead atoms. The van der Waals surface area contributed by atoms with Crippen LogP contribution in [-0.4, -0.2) is 44.4 Å². The van der Waals surface area contributed by atoms with Crippen LogP contribution in [0.25, 0.3) is 16.7 Å². The second-order valence-electron chi connectivity index (χ2n) is 5.96. The summed E-state index contributed by atoms with van der Waals surface area (Å²) in [5.41, 5.74) is 2.44. The second-order valence-corrected chi connectivity index (χ2v) is 5.96. The molecule has 1 aromatic carbocycles. The van der Waals surface area contributed by atoms with Crippen molar-refractivity contribution in [1.82, 2.24) is 24.8 Å². The summed E-state index contributed by atoms with van der Waals surface area (Å²) >= 11 is 0. The SMILES string of the molecule is c1ccc2oc(NCC3CN(c4ccc5nncn5n4)C3)nc2c1. The first-order valence-electron chi connectivity index (χ1n) is 7.87. The predicted octanol–water partition coefficient (Wildman–Crippen LogP) is 1.81. The largest absolute Gasteiger partial charge is 0.424 e. The van der Waals surface area contributed by atoms with E-state index >= 15 is 0 Å². The van der Waals surface area contributed by atoms with Gasteiger partial charge in [0.15, 0.2) is 11.2 Å². The number of fused-ring (bicyclic) bond motifs is 2. The van der Waals surface area contributed by atoms with Gasteiger partial charge in [0.1, 0.15) is 17.7 Å². The van der Waals surface area contributed by atoms with Crippen molar-refractivity contribution in [3.05, 3.63) is 42.7 Å². The molecule has 120 valence electrons. The smallest absolute Gasteiger partial charge is 0.295 e. The summed E-state index contributed by atoms with van der Waals surface area (Å²) in [7, 11) is 0. The zero-order valence-electron chi connectivity index (χ0n) is 12.8. The molecule has 0 atom stereocenters. The van der Waals surface area contributed by atoms with E-state index in [9.17, 15) is 0 Å². The maximum absolute atomic E-state index is 5.67. The lowest BCUT2D eigenvalue weighted by atomic mass is 10.0. The van der Waals surface area contributed by atoms with E-state index in [4.69, 9.17) is 4.42 Å². The minimum absolute atomic E-state index is 0.540. The Hall–Kier alpha value is -3.16. The van der Waals surface area contributed by atoms with Gasteiger partial charge in [-0.3, -0.25) is 0 Å². The Morgan fingerprint density at radius 1 is 1.17 bits per heavy atom. The number of hydrogen-bond donors (Lipinski definition) is 1. The van der Waals surface area contributed by atoms with Gasteiger partial charge in [-0.1, -0.05) is 12.1 Å². The predicted molar refractivity (Wildman–Crippen MR) is 89.0 cm³/mol. The van der Waals surface area contributed by atoms with Crippen LogP contribution in [0.15, 0.2) is 47.1 Å². The summed E-state index contributed by atoms with van der Waals surface area (Å²) < 4.78 is 7.37. The molecule has 1 aliphatic rings. The maximum atomic E-state index is 5.67. The number of rotatable bonds is 4. The van der Waals surface area contributed by atoms with Crippen molar-refractivity contribution < 1.29 is 4.42 Å². The highest BCUT2D eigenvalue weighted by atomic mass is 16.4. The third-order valence-electron chi connectivity index (χ3n) is 4.26. The van der Waals surface area contributed by atoms with Gasteiger partial charge in [0, 0.05) is 25.6 Å². The number of oxazole rings is 1. The van der Waals surface area contributed by atoms with Crippen LogP contribution in [-0.2, 0) is 0 Å². The molecule has 1 fully saturated rings. The molecular formula is C16H15N7O. The first-order valence-corrected chi connectivity index (χ1v) is 7.87. The van der Waals surface area contributed by atoms with E-state index in [0.717, 1.165) is 42.2 Å². The molecule has 4 aromatic rings. The standard InChI is InChI=1S/C16H15N7O/c1-2-4-13-12(3-1)19-16(24-13)17-7-11-8-22(9-11)15-6-5-14-20-18-10-23(14)21-15/h1-6,10-11H,7-9H2,(H,17,19). The molecule has 3 aromatic heterocycles. The van der Waals surface area contributed by atoms with E-state index in [1.807, 2.05) is 36.4 Å². The third-order valence-corrected chi connectivity index (χ3v) is 4.26. The highest BCUT2D eigenvalue weighted by Gasteiger charge is 2.28. The molecule has 0 aliphatic carbocycles. The number of aromatic nitrogens is 5. The summed E-state index contributed by atoms with van der Waals surface area (Å²) in [6, 6.07) is 12.3. The topological polar surface area (TPSA) is 84.4 Å². The van der Waals surface area contributed by atoms with Crippen molar-refractivity contribution in [2.24, 2.45) is 5.92 Å². The van der Waals surface area contributed by atoms with Crippen molar-refractivity contribution in [1.29, 1.82) is 0 Å². The van der Waals surface area contributed by atoms with Crippen molar-refractivity contribution >= 4 is 28.6 Å². The number of hydrogen-bond acceptors (Lipinski definition) is 7. The van der Waals surface area contributed by atoms with Crippen molar-refractivity contribution in [2.45, 2.75) is 0 Å². The van der Waals surface area contributed by atoms with Crippen LogP contribution in [0.4, 0.5) is 11.8 Å². The molecule has 0 amide bonds. The Labute approximate surface area is 137 Å². The lowest BCUT2D eigenvalue weighted by molar-refractivity contribution is 0.420. The van der Waals surface area contributed by atoms with E-state index in [0.29, 0.717) is 11.9 Å². The molecule has 8 heteroatoms. The van der Waals surface area contributed by atoms with Crippen LogP contribution in [0.5, 0.6) is 0 Å². The third kappa shape index (κ3) is 2.23. The molecule has 0 spiro atoms. The van der Waals surface area contributed by atoms with Gasteiger partial charge in [0.05, 0.1) is 0 Å². The number of anilines is 2. The van der Waals surface area contributed by atoms with Crippen molar-refractivity contribution in [3.63, 3.8) is 0 Å². The Kier molecular flexibility index (Phi) is 2.87. The molecule has 1 N–H and O–H groups in total. The van der Waals surface area contributed by atoms with Gasteiger partial charge >= 0.3 is 0 Å². The van der Waals surface area contributed by atoms with E-state index in [2.05, 4.69) is 30.5 Å². The molecule has 0 saturated carbocycles. The van der Waals surface area contributed by atoms with Gasteiger partial charge in [-0.25, -0.2) is 0 Å². The fourth-order valence-corrected chi connectivity index (χ4v) is 2.95. The molecular weight excluding hydrogens is 306 g/mol. The highest BCUT2D eigenvalue weighted by Crippen LogP contribution is 2.24. The number of benzene rings is 1. The van der Waals surface area contributed by atoms with Crippen LogP contribution in [0.3, 0.4) is 0 Å².